The third-order valence-corrected chi connectivity index (χ3v) is 4.46. The van der Waals surface area contributed by atoms with E-state index in [4.69, 9.17) is 16.3 Å². The van der Waals surface area contributed by atoms with Gasteiger partial charge in [0.2, 0.25) is 0 Å². The van der Waals surface area contributed by atoms with Gasteiger partial charge in [-0.05, 0) is 24.5 Å². The van der Waals surface area contributed by atoms with Crippen molar-refractivity contribution in [2.45, 2.75) is 38.5 Å². The van der Waals surface area contributed by atoms with E-state index >= 15 is 0 Å². The van der Waals surface area contributed by atoms with Crippen LogP contribution in [-0.4, -0.2) is 52.5 Å². The van der Waals surface area contributed by atoms with Gasteiger partial charge < -0.3 is 15.4 Å². The van der Waals surface area contributed by atoms with Crippen LogP contribution >= 0.6 is 11.6 Å². The van der Waals surface area contributed by atoms with Gasteiger partial charge in [0.15, 0.2) is 11.8 Å². The smallest absolute Gasteiger partial charge is 0.191 e. The normalized spacial score (nSPS) is 17.0. The van der Waals surface area contributed by atoms with Crippen LogP contribution in [0.1, 0.15) is 23.6 Å². The van der Waals surface area contributed by atoms with Crippen LogP contribution in [0, 0.1) is 0 Å². The van der Waals surface area contributed by atoms with Gasteiger partial charge in [-0.25, -0.2) is 14.6 Å². The highest BCUT2D eigenvalue weighted by Crippen LogP contribution is 2.13. The van der Waals surface area contributed by atoms with Gasteiger partial charge in [-0.3, -0.25) is 4.99 Å². The Morgan fingerprint density at radius 2 is 2.35 bits per heavy atom. The Labute approximate surface area is 158 Å². The van der Waals surface area contributed by atoms with Gasteiger partial charge in [0.1, 0.15) is 17.6 Å². The second-order valence-corrected chi connectivity index (χ2v) is 6.56. The Morgan fingerprint density at radius 1 is 1.46 bits per heavy atom. The molecule has 1 atom stereocenters. The molecule has 0 aliphatic carbocycles. The van der Waals surface area contributed by atoms with E-state index in [0.717, 1.165) is 55.5 Å². The van der Waals surface area contributed by atoms with Gasteiger partial charge in [0.05, 0.1) is 6.54 Å². The molecule has 9 heteroatoms. The largest absolute Gasteiger partial charge is 0.377 e. The Balaban J connectivity index is 1.48. The molecule has 2 aromatic rings. The van der Waals surface area contributed by atoms with Crippen LogP contribution in [0.5, 0.6) is 0 Å². The highest BCUT2D eigenvalue weighted by molar-refractivity contribution is 6.29. The first-order chi connectivity index (χ1) is 12.7. The van der Waals surface area contributed by atoms with Crippen molar-refractivity contribution in [3.05, 3.63) is 40.7 Å². The Kier molecular flexibility index (Phi) is 6.40. The third-order valence-electron chi connectivity index (χ3n) is 4.23. The number of aromatic nitrogens is 4. The zero-order valence-corrected chi connectivity index (χ0v) is 15.8. The van der Waals surface area contributed by atoms with E-state index < -0.39 is 0 Å². The molecule has 2 aromatic heterocycles. The van der Waals surface area contributed by atoms with Gasteiger partial charge in [-0.15, -0.1) is 0 Å². The Bertz CT molecular complexity index is 744. The summed E-state index contributed by atoms with van der Waals surface area (Å²) in [5, 5.41) is 11.8. The van der Waals surface area contributed by atoms with Gasteiger partial charge in [-0.2, -0.15) is 5.10 Å². The maximum absolute atomic E-state index is 5.81. The van der Waals surface area contributed by atoms with Crippen molar-refractivity contribution in [3.63, 3.8) is 0 Å². The van der Waals surface area contributed by atoms with Crippen molar-refractivity contribution in [1.29, 1.82) is 0 Å². The number of fused-ring (bicyclic) bond motifs is 1. The number of aliphatic imine (C=N–C) groups is 1. The number of ether oxygens (including phenoxy) is 1. The molecule has 140 valence electrons. The lowest BCUT2D eigenvalue weighted by atomic mass is 10.1. The minimum Gasteiger partial charge on any atom is -0.377 e. The van der Waals surface area contributed by atoms with Crippen molar-refractivity contribution in [2.75, 3.05) is 20.7 Å². The molecule has 2 N–H and O–H groups in total. The minimum atomic E-state index is 0.267. The lowest BCUT2D eigenvalue weighted by Gasteiger charge is -2.25. The zero-order valence-electron chi connectivity index (χ0n) is 15.1. The number of methoxy groups -OCH3 is 1. The van der Waals surface area contributed by atoms with Crippen LogP contribution in [-0.2, 0) is 30.7 Å². The molecule has 1 aliphatic heterocycles. The van der Waals surface area contributed by atoms with Crippen LogP contribution < -0.4 is 10.6 Å². The third kappa shape index (κ3) is 4.92. The molecule has 0 saturated heterocycles. The second kappa shape index (κ2) is 8.95. The fourth-order valence-electron chi connectivity index (χ4n) is 2.94. The number of aryl methyl sites for hydroxylation is 1. The van der Waals surface area contributed by atoms with Crippen molar-refractivity contribution >= 4 is 17.6 Å². The summed E-state index contributed by atoms with van der Waals surface area (Å²) >= 11 is 5.81. The number of nitrogens with one attached hydrogen (secondary N) is 2. The fraction of sp³-hybridized carbons (Fsp3) is 0.529. The van der Waals surface area contributed by atoms with E-state index in [1.54, 1.807) is 26.4 Å². The molecule has 1 aliphatic rings. The summed E-state index contributed by atoms with van der Waals surface area (Å²) in [4.78, 5) is 12.9. The SMILES string of the molecule is CN=C(NCCc1ccc(Cl)nc1)NC1CCc2nc(COC)nn2C1. The zero-order chi connectivity index (χ0) is 18.4. The van der Waals surface area contributed by atoms with Crippen LogP contribution in [0.3, 0.4) is 0 Å². The van der Waals surface area contributed by atoms with Crippen LogP contribution in [0.4, 0.5) is 0 Å². The maximum atomic E-state index is 5.81. The number of rotatable bonds is 6. The van der Waals surface area contributed by atoms with E-state index in [0.29, 0.717) is 11.8 Å². The van der Waals surface area contributed by atoms with E-state index in [2.05, 4.69) is 30.7 Å². The number of guanidine groups is 1. The van der Waals surface area contributed by atoms with Gasteiger partial charge in [0, 0.05) is 39.4 Å². The first-order valence-corrected chi connectivity index (χ1v) is 9.05. The van der Waals surface area contributed by atoms with E-state index in [1.165, 1.54) is 0 Å². The quantitative estimate of drug-likeness (QED) is 0.446. The molecule has 1 unspecified atom stereocenters. The summed E-state index contributed by atoms with van der Waals surface area (Å²) in [7, 11) is 3.43. The maximum Gasteiger partial charge on any atom is 0.191 e. The molecule has 8 nitrogen and oxygen atoms in total. The second-order valence-electron chi connectivity index (χ2n) is 6.18. The summed E-state index contributed by atoms with van der Waals surface area (Å²) in [6, 6.07) is 4.06. The van der Waals surface area contributed by atoms with Gasteiger partial charge in [-0.1, -0.05) is 17.7 Å². The lowest BCUT2D eigenvalue weighted by molar-refractivity contribution is 0.177. The number of nitrogens with zero attached hydrogens (tertiary/aromatic N) is 5. The molecule has 0 radical (unpaired) electrons. The van der Waals surface area contributed by atoms with Crippen molar-refractivity contribution in [2.24, 2.45) is 4.99 Å². The van der Waals surface area contributed by atoms with Crippen molar-refractivity contribution in [3.8, 4) is 0 Å². The summed E-state index contributed by atoms with van der Waals surface area (Å²) in [5.74, 6) is 2.55. The number of pyridine rings is 1. The van der Waals surface area contributed by atoms with Crippen LogP contribution in [0.15, 0.2) is 23.3 Å². The molecule has 3 heterocycles. The molecule has 0 aromatic carbocycles. The minimum absolute atomic E-state index is 0.267. The predicted molar refractivity (Wildman–Crippen MR) is 100 cm³/mol. The van der Waals surface area contributed by atoms with Gasteiger partial charge >= 0.3 is 0 Å². The highest BCUT2D eigenvalue weighted by Gasteiger charge is 2.22. The van der Waals surface area contributed by atoms with E-state index in [1.807, 2.05) is 10.7 Å². The average Bonchev–Trinajstić information content (AvgIpc) is 3.04. The fourth-order valence-corrected chi connectivity index (χ4v) is 3.05. The monoisotopic (exact) mass is 377 g/mol. The Hall–Kier alpha value is -2.19. The Morgan fingerprint density at radius 3 is 3.08 bits per heavy atom. The van der Waals surface area contributed by atoms with Crippen molar-refractivity contribution in [1.82, 2.24) is 30.4 Å². The summed E-state index contributed by atoms with van der Waals surface area (Å²) in [6.45, 7) is 1.98. The topological polar surface area (TPSA) is 89.2 Å². The molecular weight excluding hydrogens is 354 g/mol. The molecular formula is C17H24ClN7O. The van der Waals surface area contributed by atoms with Gasteiger partial charge in [0.25, 0.3) is 0 Å². The van der Waals surface area contributed by atoms with Crippen molar-refractivity contribution < 1.29 is 4.74 Å². The molecule has 26 heavy (non-hydrogen) atoms. The molecule has 3 rings (SSSR count). The number of halogens is 1. The summed E-state index contributed by atoms with van der Waals surface area (Å²) in [6.07, 6.45) is 4.53. The van der Waals surface area contributed by atoms with E-state index in [-0.39, 0.29) is 6.04 Å². The van der Waals surface area contributed by atoms with Crippen LogP contribution in [0.2, 0.25) is 5.15 Å². The molecule has 0 amide bonds. The molecule has 0 spiro atoms. The summed E-state index contributed by atoms with van der Waals surface area (Å²) in [5.41, 5.74) is 1.13. The molecule has 0 bridgehead atoms. The number of hydrogen-bond donors (Lipinski definition) is 2. The predicted octanol–water partition coefficient (Wildman–Crippen LogP) is 1.20. The molecule has 0 saturated carbocycles. The highest BCUT2D eigenvalue weighted by atomic mass is 35.5. The average molecular weight is 378 g/mol. The van der Waals surface area contributed by atoms with Crippen LogP contribution in [0.25, 0.3) is 0 Å². The lowest BCUT2D eigenvalue weighted by Crippen LogP contribution is -2.47. The summed E-state index contributed by atoms with van der Waals surface area (Å²) < 4.78 is 7.07. The number of hydrogen-bond acceptors (Lipinski definition) is 5. The molecule has 0 fully saturated rings. The van der Waals surface area contributed by atoms with E-state index in [9.17, 15) is 0 Å². The first kappa shape index (κ1) is 18.6. The first-order valence-electron chi connectivity index (χ1n) is 8.67. The standard InChI is InChI=1S/C17H24ClN7O/c1-19-17(20-8-7-12-3-5-14(18)21-9-12)22-13-4-6-16-23-15(11-26-2)24-25(16)10-13/h3,5,9,13H,4,6-8,10-11H2,1-2H3,(H2,19,20,22).